The molecular weight excluding hydrogens is 186 g/mol. The Bertz CT molecular complexity index is 317. The number of nitriles is 2. The van der Waals surface area contributed by atoms with E-state index in [1.165, 1.54) is 19.2 Å². The van der Waals surface area contributed by atoms with E-state index in [4.69, 9.17) is 15.4 Å². The van der Waals surface area contributed by atoms with Gasteiger partial charge in [-0.05, 0) is 0 Å². The zero-order chi connectivity index (χ0) is 10.7. The van der Waals surface area contributed by atoms with Gasteiger partial charge in [-0.25, -0.2) is 0 Å². The topological polar surface area (TPSA) is 86.3 Å². The van der Waals surface area contributed by atoms with Crippen LogP contribution in [0.25, 0.3) is 0 Å². The second kappa shape index (κ2) is 4.05. The number of nitrogens with zero attached hydrogens (tertiary/aromatic N) is 3. The molecule has 1 saturated heterocycles. The summed E-state index contributed by atoms with van der Waals surface area (Å²) in [6.07, 6.45) is -0.908. The molecule has 0 aliphatic carbocycles. The molecule has 0 radical (unpaired) electrons. The van der Waals surface area contributed by atoms with Crippen LogP contribution >= 0.6 is 0 Å². The quantitative estimate of drug-likeness (QED) is 0.521. The molecule has 74 valence electrons. The molecule has 0 saturated carbocycles. The van der Waals surface area contributed by atoms with Crippen molar-refractivity contribution in [3.05, 3.63) is 0 Å². The Kier molecular flexibility index (Phi) is 3.03. The minimum absolute atomic E-state index is 0.572. The Hall–Kier alpha value is -1.63. The average Bonchev–Trinajstić information content (AvgIpc) is 2.53. The molecule has 1 aliphatic rings. The monoisotopic (exact) mass is 195 g/mol. The van der Waals surface area contributed by atoms with Crippen molar-refractivity contribution in [2.75, 3.05) is 14.2 Å². The third kappa shape index (κ3) is 1.53. The molecule has 6 heteroatoms. The van der Waals surface area contributed by atoms with E-state index < -0.39 is 24.0 Å². The molecule has 0 aromatic rings. The number of carbonyl (C=O) groups is 1. The Balaban J connectivity index is 2.90. The molecule has 0 N–H and O–H groups in total. The number of hydrogen-bond donors (Lipinski definition) is 0. The normalized spacial score (nSPS) is 31.9. The number of methoxy groups -OCH3 is 1. The number of likely N-dealkylation sites (N-methyl/N-ethyl adjacent to an activating group) is 1. The fourth-order valence-corrected chi connectivity index (χ4v) is 1.36. The summed E-state index contributed by atoms with van der Waals surface area (Å²) in [6.45, 7) is 0. The zero-order valence-electron chi connectivity index (χ0n) is 7.80. The minimum Gasteiger partial charge on any atom is -0.468 e. The second-order valence-electron chi connectivity index (χ2n) is 2.82. The molecule has 1 heterocycles. The number of carbonyl (C=O) groups excluding carboxylic acids is 1. The summed E-state index contributed by atoms with van der Waals surface area (Å²) in [6, 6.07) is 2.86. The predicted octanol–water partition coefficient (Wildman–Crippen LogP) is -0.563. The maximum Gasteiger partial charge on any atom is 0.327 e. The van der Waals surface area contributed by atoms with Crippen LogP contribution in [0.1, 0.15) is 0 Å². The molecule has 1 fully saturated rings. The average molecular weight is 195 g/mol. The highest BCUT2D eigenvalue weighted by Crippen LogP contribution is 2.26. The van der Waals surface area contributed by atoms with Crippen LogP contribution in [0, 0.1) is 28.6 Å². The highest BCUT2D eigenvalue weighted by atomic mass is 16.7. The number of ether oxygens (including phenoxy) is 1. The van der Waals surface area contributed by atoms with Crippen molar-refractivity contribution in [2.45, 2.75) is 12.1 Å². The smallest absolute Gasteiger partial charge is 0.327 e. The molecule has 6 nitrogen and oxygen atoms in total. The maximum absolute atomic E-state index is 11.3. The fraction of sp³-hybridized carbons (Fsp3) is 0.625. The highest BCUT2D eigenvalue weighted by molar-refractivity contribution is 5.77. The van der Waals surface area contributed by atoms with Crippen LogP contribution in [0.15, 0.2) is 0 Å². The molecule has 14 heavy (non-hydrogen) atoms. The standard InChI is InChI=1S/C8H9N3O3/c1-11-7(8(12)13-2)5(3-9)6(4-10)14-11/h5-7H,1-2H3/t5-,6+,7+/m0/s1. The third-order valence-corrected chi connectivity index (χ3v) is 2.06. The molecule has 0 aromatic carbocycles. The summed E-state index contributed by atoms with van der Waals surface area (Å²) in [5, 5.41) is 18.6. The summed E-state index contributed by atoms with van der Waals surface area (Å²) in [4.78, 5) is 16.2. The first-order valence-corrected chi connectivity index (χ1v) is 3.92. The van der Waals surface area contributed by atoms with Crippen molar-refractivity contribution in [1.29, 1.82) is 10.5 Å². The number of hydroxylamine groups is 2. The van der Waals surface area contributed by atoms with Gasteiger partial charge in [-0.2, -0.15) is 15.6 Å². The van der Waals surface area contributed by atoms with Gasteiger partial charge in [-0.15, -0.1) is 0 Å². The summed E-state index contributed by atoms with van der Waals surface area (Å²) in [5.41, 5.74) is 0. The lowest BCUT2D eigenvalue weighted by atomic mass is 9.97. The Morgan fingerprint density at radius 2 is 2.14 bits per heavy atom. The van der Waals surface area contributed by atoms with Crippen molar-refractivity contribution >= 4 is 5.97 Å². The third-order valence-electron chi connectivity index (χ3n) is 2.06. The predicted molar refractivity (Wildman–Crippen MR) is 43.2 cm³/mol. The molecule has 0 unspecified atom stereocenters. The van der Waals surface area contributed by atoms with Crippen LogP contribution in [0.3, 0.4) is 0 Å². The van der Waals surface area contributed by atoms with Gasteiger partial charge in [0, 0.05) is 7.05 Å². The molecule has 1 aliphatic heterocycles. The van der Waals surface area contributed by atoms with Crippen molar-refractivity contribution in [3.63, 3.8) is 0 Å². The Morgan fingerprint density at radius 3 is 2.57 bits per heavy atom. The van der Waals surface area contributed by atoms with Gasteiger partial charge in [-0.3, -0.25) is 9.63 Å². The second-order valence-corrected chi connectivity index (χ2v) is 2.82. The van der Waals surface area contributed by atoms with Crippen molar-refractivity contribution in [3.8, 4) is 12.1 Å². The maximum atomic E-state index is 11.3. The number of hydrogen-bond acceptors (Lipinski definition) is 6. The van der Waals surface area contributed by atoms with Crippen LogP contribution < -0.4 is 0 Å². The van der Waals surface area contributed by atoms with Crippen LogP contribution in [0.5, 0.6) is 0 Å². The van der Waals surface area contributed by atoms with Gasteiger partial charge in [0.2, 0.25) is 0 Å². The van der Waals surface area contributed by atoms with E-state index in [2.05, 4.69) is 4.74 Å². The van der Waals surface area contributed by atoms with E-state index in [9.17, 15) is 4.79 Å². The van der Waals surface area contributed by atoms with Gasteiger partial charge in [0.05, 0.1) is 19.2 Å². The number of esters is 1. The molecule has 0 amide bonds. The Labute approximate surface area is 81.2 Å². The first-order chi connectivity index (χ1) is 6.65. The lowest BCUT2D eigenvalue weighted by Gasteiger charge is -2.15. The van der Waals surface area contributed by atoms with Gasteiger partial charge in [0.25, 0.3) is 0 Å². The summed E-state index contributed by atoms with van der Waals surface area (Å²) in [5.74, 6) is -1.38. The lowest BCUT2D eigenvalue weighted by molar-refractivity contribution is -0.165. The van der Waals surface area contributed by atoms with Crippen molar-refractivity contribution in [1.82, 2.24) is 5.06 Å². The van der Waals surface area contributed by atoms with Gasteiger partial charge < -0.3 is 4.74 Å². The largest absolute Gasteiger partial charge is 0.468 e. The van der Waals surface area contributed by atoms with Crippen molar-refractivity contribution in [2.24, 2.45) is 5.92 Å². The van der Waals surface area contributed by atoms with E-state index in [1.807, 2.05) is 12.1 Å². The summed E-state index contributed by atoms with van der Waals surface area (Å²) >= 11 is 0. The summed E-state index contributed by atoms with van der Waals surface area (Å²) < 4.78 is 4.51. The lowest BCUT2D eigenvalue weighted by Crippen LogP contribution is -2.37. The van der Waals surface area contributed by atoms with E-state index in [1.54, 1.807) is 0 Å². The first kappa shape index (κ1) is 10.5. The zero-order valence-corrected chi connectivity index (χ0v) is 7.80. The van der Waals surface area contributed by atoms with Crippen LogP contribution in [-0.4, -0.2) is 37.3 Å². The molecule has 1 rings (SSSR count). The summed E-state index contributed by atoms with van der Waals surface area (Å²) in [7, 11) is 2.72. The molecule has 0 spiro atoms. The first-order valence-electron chi connectivity index (χ1n) is 3.92. The molecule has 0 aromatic heterocycles. The van der Waals surface area contributed by atoms with E-state index in [0.717, 1.165) is 0 Å². The van der Waals surface area contributed by atoms with E-state index in [0.29, 0.717) is 0 Å². The van der Waals surface area contributed by atoms with E-state index >= 15 is 0 Å². The van der Waals surface area contributed by atoms with Gasteiger partial charge in [0.1, 0.15) is 5.92 Å². The van der Waals surface area contributed by atoms with Crippen molar-refractivity contribution < 1.29 is 14.4 Å². The molecule has 3 atom stereocenters. The van der Waals surface area contributed by atoms with Crippen LogP contribution in [-0.2, 0) is 14.4 Å². The van der Waals surface area contributed by atoms with Crippen LogP contribution in [0.2, 0.25) is 0 Å². The SMILES string of the molecule is COC(=O)[C@H]1[C@@H](C#N)[C@@H](C#N)ON1C. The molecule has 0 bridgehead atoms. The van der Waals surface area contributed by atoms with E-state index in [-0.39, 0.29) is 0 Å². The fourth-order valence-electron chi connectivity index (χ4n) is 1.36. The van der Waals surface area contributed by atoms with Gasteiger partial charge in [-0.1, -0.05) is 0 Å². The van der Waals surface area contributed by atoms with Gasteiger partial charge in [0.15, 0.2) is 12.1 Å². The minimum atomic E-state index is -0.908. The number of rotatable bonds is 1. The highest BCUT2D eigenvalue weighted by Gasteiger charge is 2.47. The van der Waals surface area contributed by atoms with Gasteiger partial charge >= 0.3 is 5.97 Å². The molecular formula is C8H9N3O3. The Morgan fingerprint density at radius 1 is 1.50 bits per heavy atom. The van der Waals surface area contributed by atoms with Crippen LogP contribution in [0.4, 0.5) is 0 Å².